The van der Waals surface area contributed by atoms with Crippen molar-refractivity contribution in [1.29, 1.82) is 0 Å². The maximum Gasteiger partial charge on any atom is 0.262 e. The third-order valence-corrected chi connectivity index (χ3v) is 5.03. The van der Waals surface area contributed by atoms with Crippen molar-refractivity contribution in [3.05, 3.63) is 88.1 Å². The van der Waals surface area contributed by atoms with E-state index in [4.69, 9.17) is 21.1 Å². The first-order valence-corrected chi connectivity index (χ1v) is 9.38. The number of fused-ring (bicyclic) bond motifs is 1. The summed E-state index contributed by atoms with van der Waals surface area (Å²) < 4.78 is 7.56. The van der Waals surface area contributed by atoms with Crippen LogP contribution in [0.15, 0.2) is 76.2 Å². The van der Waals surface area contributed by atoms with E-state index in [1.165, 1.54) is 6.33 Å². The summed E-state index contributed by atoms with van der Waals surface area (Å²) in [4.78, 5) is 19.2. The van der Waals surface area contributed by atoms with E-state index in [-0.39, 0.29) is 5.56 Å². The van der Waals surface area contributed by atoms with E-state index in [1.807, 2.05) is 65.3 Å². The summed E-state index contributed by atoms with van der Waals surface area (Å²) in [6.07, 6.45) is 1.33. The first-order valence-electron chi connectivity index (χ1n) is 9.00. The van der Waals surface area contributed by atoms with Crippen molar-refractivity contribution in [2.24, 2.45) is 0 Å². The van der Waals surface area contributed by atoms with Crippen molar-refractivity contribution in [1.82, 2.24) is 19.7 Å². The molecule has 0 aliphatic carbocycles. The van der Waals surface area contributed by atoms with Gasteiger partial charge in [0.15, 0.2) is 0 Å². The number of aryl methyl sites for hydroxylation is 1. The number of hydrogen-bond acceptors (Lipinski definition) is 4. The molecule has 0 saturated carbocycles. The molecule has 0 aliphatic heterocycles. The molecule has 5 aromatic rings. The Hall–Kier alpha value is -3.64. The van der Waals surface area contributed by atoms with Crippen LogP contribution in [-0.4, -0.2) is 19.7 Å². The average Bonchev–Trinajstić information content (AvgIpc) is 3.30. The highest BCUT2D eigenvalue weighted by Crippen LogP contribution is 2.34. The standard InChI is InChI=1S/C22H15ClN4O2/c1-13-19(20-21(28)24-12-25-22(20)29-13)17-11-18(14-7-9-15(23)10-8-14)27(26-17)16-5-3-2-4-6-16/h2-12H,1H3,(H,24,25,28). The molecule has 29 heavy (non-hydrogen) atoms. The number of nitrogens with zero attached hydrogens (tertiary/aromatic N) is 3. The molecule has 0 bridgehead atoms. The zero-order chi connectivity index (χ0) is 20.0. The minimum absolute atomic E-state index is 0.260. The molecule has 0 radical (unpaired) electrons. The molecule has 7 heteroatoms. The molecule has 0 atom stereocenters. The fraction of sp³-hybridized carbons (Fsp3) is 0.0455. The highest BCUT2D eigenvalue weighted by molar-refractivity contribution is 6.30. The largest absolute Gasteiger partial charge is 0.442 e. The van der Waals surface area contributed by atoms with Gasteiger partial charge < -0.3 is 9.40 Å². The van der Waals surface area contributed by atoms with E-state index in [0.717, 1.165) is 16.9 Å². The van der Waals surface area contributed by atoms with Gasteiger partial charge in [0.1, 0.15) is 11.1 Å². The Kier molecular flexibility index (Phi) is 4.07. The summed E-state index contributed by atoms with van der Waals surface area (Å²) in [6.45, 7) is 1.81. The molecule has 5 rings (SSSR count). The highest BCUT2D eigenvalue weighted by atomic mass is 35.5. The van der Waals surface area contributed by atoms with Crippen LogP contribution < -0.4 is 5.56 Å². The predicted octanol–water partition coefficient (Wildman–Crippen LogP) is 5.00. The molecule has 2 aromatic carbocycles. The maximum atomic E-state index is 12.5. The van der Waals surface area contributed by atoms with Crippen LogP contribution in [0.3, 0.4) is 0 Å². The molecule has 0 fully saturated rings. The minimum Gasteiger partial charge on any atom is -0.442 e. The maximum absolute atomic E-state index is 12.5. The first kappa shape index (κ1) is 17.5. The molecule has 3 aromatic heterocycles. The Morgan fingerprint density at radius 2 is 1.83 bits per heavy atom. The number of para-hydroxylation sites is 1. The van der Waals surface area contributed by atoms with Crippen molar-refractivity contribution >= 4 is 22.7 Å². The number of hydrogen-bond donors (Lipinski definition) is 1. The Morgan fingerprint density at radius 1 is 1.07 bits per heavy atom. The molecular weight excluding hydrogens is 388 g/mol. The Labute approximate surface area is 170 Å². The molecule has 0 amide bonds. The van der Waals surface area contributed by atoms with E-state index in [1.54, 1.807) is 6.92 Å². The minimum atomic E-state index is -0.260. The number of benzene rings is 2. The Bertz CT molecular complexity index is 1380. The second-order valence-electron chi connectivity index (χ2n) is 6.61. The zero-order valence-corrected chi connectivity index (χ0v) is 16.1. The van der Waals surface area contributed by atoms with Crippen LogP contribution in [0, 0.1) is 6.92 Å². The SMILES string of the molecule is Cc1oc2nc[nH]c(=O)c2c1-c1cc(-c2ccc(Cl)cc2)n(-c2ccccc2)n1. The number of nitrogens with one attached hydrogen (secondary N) is 1. The topological polar surface area (TPSA) is 76.7 Å². The number of aromatic nitrogens is 4. The summed E-state index contributed by atoms with van der Waals surface area (Å²) in [5.41, 5.74) is 4.04. The van der Waals surface area contributed by atoms with Crippen LogP contribution in [0.25, 0.3) is 39.3 Å². The van der Waals surface area contributed by atoms with Gasteiger partial charge in [0, 0.05) is 10.6 Å². The van der Waals surface area contributed by atoms with Gasteiger partial charge >= 0.3 is 0 Å². The van der Waals surface area contributed by atoms with Crippen molar-refractivity contribution in [3.8, 4) is 28.2 Å². The van der Waals surface area contributed by atoms with Gasteiger partial charge in [-0.3, -0.25) is 4.79 Å². The van der Waals surface area contributed by atoms with Gasteiger partial charge in [-0.2, -0.15) is 5.10 Å². The van der Waals surface area contributed by atoms with Gasteiger partial charge in [-0.25, -0.2) is 9.67 Å². The van der Waals surface area contributed by atoms with Crippen molar-refractivity contribution < 1.29 is 4.42 Å². The lowest BCUT2D eigenvalue weighted by molar-refractivity contribution is 0.568. The van der Waals surface area contributed by atoms with E-state index in [2.05, 4.69) is 9.97 Å². The van der Waals surface area contributed by atoms with E-state index >= 15 is 0 Å². The lowest BCUT2D eigenvalue weighted by Crippen LogP contribution is -2.05. The van der Waals surface area contributed by atoms with E-state index < -0.39 is 0 Å². The lowest BCUT2D eigenvalue weighted by atomic mass is 10.1. The monoisotopic (exact) mass is 402 g/mol. The normalized spacial score (nSPS) is 11.2. The third-order valence-electron chi connectivity index (χ3n) is 4.78. The quantitative estimate of drug-likeness (QED) is 0.460. The molecule has 6 nitrogen and oxygen atoms in total. The first-order chi connectivity index (χ1) is 14.1. The number of aromatic amines is 1. The molecular formula is C22H15ClN4O2. The third kappa shape index (κ3) is 2.94. The van der Waals surface area contributed by atoms with Gasteiger partial charge in [-0.1, -0.05) is 41.9 Å². The van der Waals surface area contributed by atoms with E-state index in [0.29, 0.717) is 33.1 Å². The van der Waals surface area contributed by atoms with Gasteiger partial charge in [-0.05, 0) is 37.3 Å². The van der Waals surface area contributed by atoms with E-state index in [9.17, 15) is 4.79 Å². The summed E-state index contributed by atoms with van der Waals surface area (Å²) in [6, 6.07) is 19.3. The summed E-state index contributed by atoms with van der Waals surface area (Å²) in [7, 11) is 0. The molecule has 3 heterocycles. The number of furan rings is 1. The summed E-state index contributed by atoms with van der Waals surface area (Å²) >= 11 is 6.07. The van der Waals surface area contributed by atoms with Gasteiger partial charge in [0.05, 0.1) is 29.0 Å². The second-order valence-corrected chi connectivity index (χ2v) is 7.05. The van der Waals surface area contributed by atoms with Gasteiger partial charge in [0.25, 0.3) is 5.56 Å². The molecule has 0 unspecified atom stereocenters. The van der Waals surface area contributed by atoms with Crippen LogP contribution in [0.5, 0.6) is 0 Å². The molecule has 1 N–H and O–H groups in total. The highest BCUT2D eigenvalue weighted by Gasteiger charge is 2.21. The van der Waals surface area contributed by atoms with Crippen LogP contribution in [0.1, 0.15) is 5.76 Å². The zero-order valence-electron chi connectivity index (χ0n) is 15.4. The molecule has 0 aliphatic rings. The Morgan fingerprint density at radius 3 is 2.59 bits per heavy atom. The number of rotatable bonds is 3. The fourth-order valence-corrected chi connectivity index (χ4v) is 3.58. The molecule has 142 valence electrons. The predicted molar refractivity (Wildman–Crippen MR) is 112 cm³/mol. The molecule has 0 spiro atoms. The van der Waals surface area contributed by atoms with Crippen molar-refractivity contribution in [2.45, 2.75) is 6.92 Å². The summed E-state index contributed by atoms with van der Waals surface area (Å²) in [5.74, 6) is 0.588. The van der Waals surface area contributed by atoms with Crippen LogP contribution in [-0.2, 0) is 0 Å². The smallest absolute Gasteiger partial charge is 0.262 e. The Balaban J connectivity index is 1.79. The summed E-state index contributed by atoms with van der Waals surface area (Å²) in [5, 5.41) is 5.87. The van der Waals surface area contributed by atoms with Crippen LogP contribution in [0.2, 0.25) is 5.02 Å². The average molecular weight is 403 g/mol. The number of H-pyrrole nitrogens is 1. The number of halogens is 1. The lowest BCUT2D eigenvalue weighted by Gasteiger charge is -2.07. The molecule has 0 saturated heterocycles. The van der Waals surface area contributed by atoms with Crippen LogP contribution in [0.4, 0.5) is 0 Å². The fourth-order valence-electron chi connectivity index (χ4n) is 3.46. The van der Waals surface area contributed by atoms with Gasteiger partial charge in [0.2, 0.25) is 5.71 Å². The van der Waals surface area contributed by atoms with Crippen LogP contribution >= 0.6 is 11.6 Å². The van der Waals surface area contributed by atoms with Crippen molar-refractivity contribution in [2.75, 3.05) is 0 Å². The van der Waals surface area contributed by atoms with Crippen molar-refractivity contribution in [3.63, 3.8) is 0 Å². The second kappa shape index (κ2) is 6.76. The van der Waals surface area contributed by atoms with Gasteiger partial charge in [-0.15, -0.1) is 0 Å².